The van der Waals surface area contributed by atoms with Crippen molar-refractivity contribution in [2.24, 2.45) is 0 Å². The van der Waals surface area contributed by atoms with E-state index in [0.29, 0.717) is 27.6 Å². The highest BCUT2D eigenvalue weighted by Gasteiger charge is 2.06. The second-order valence-corrected chi connectivity index (χ2v) is 5.12. The Kier molecular flexibility index (Phi) is 4.71. The number of H-pyrrole nitrogens is 1. The molecular formula is C13H10BrFN6O2. The van der Waals surface area contributed by atoms with Crippen LogP contribution < -0.4 is 9.47 Å². The molecule has 0 amide bonds. The number of tetrazole rings is 1. The summed E-state index contributed by atoms with van der Waals surface area (Å²) in [6.45, 7) is 0.471. The maximum atomic E-state index is 13.1. The molecular weight excluding hydrogens is 371 g/mol. The van der Waals surface area contributed by atoms with Crippen LogP contribution in [0.25, 0.3) is 11.5 Å². The van der Waals surface area contributed by atoms with Gasteiger partial charge in [0.15, 0.2) is 5.82 Å². The summed E-state index contributed by atoms with van der Waals surface area (Å²) in [5.41, 5.74) is 0.502. The van der Waals surface area contributed by atoms with Crippen LogP contribution in [0.4, 0.5) is 4.39 Å². The van der Waals surface area contributed by atoms with Crippen LogP contribution >= 0.6 is 15.9 Å². The molecule has 8 nitrogen and oxygen atoms in total. The molecule has 0 saturated carbocycles. The lowest BCUT2D eigenvalue weighted by molar-refractivity contribution is 0.210. The molecule has 0 saturated heterocycles. The van der Waals surface area contributed by atoms with E-state index >= 15 is 0 Å². The number of benzene rings is 1. The molecule has 0 radical (unpaired) electrons. The summed E-state index contributed by atoms with van der Waals surface area (Å²) in [6.07, 6.45) is 2.94. The number of hydrogen-bond acceptors (Lipinski definition) is 7. The Morgan fingerprint density at radius 1 is 1.13 bits per heavy atom. The first-order valence-electron chi connectivity index (χ1n) is 6.49. The molecule has 10 heteroatoms. The van der Waals surface area contributed by atoms with E-state index in [4.69, 9.17) is 9.47 Å². The lowest BCUT2D eigenvalue weighted by Crippen LogP contribution is -2.10. The van der Waals surface area contributed by atoms with Gasteiger partial charge >= 0.3 is 0 Å². The second-order valence-electron chi connectivity index (χ2n) is 4.26. The van der Waals surface area contributed by atoms with Gasteiger partial charge in [-0.2, -0.15) is 0 Å². The van der Waals surface area contributed by atoms with E-state index in [-0.39, 0.29) is 19.0 Å². The maximum absolute atomic E-state index is 13.1. The molecule has 0 unspecified atom stereocenters. The number of rotatable bonds is 6. The molecule has 0 atom stereocenters. The minimum absolute atomic E-state index is 0.234. The molecule has 3 rings (SSSR count). The van der Waals surface area contributed by atoms with Crippen LogP contribution in [0.3, 0.4) is 0 Å². The zero-order valence-corrected chi connectivity index (χ0v) is 13.2. The van der Waals surface area contributed by atoms with Crippen molar-refractivity contribution < 1.29 is 13.9 Å². The van der Waals surface area contributed by atoms with Crippen molar-refractivity contribution in [1.82, 2.24) is 30.6 Å². The van der Waals surface area contributed by atoms with Crippen LogP contribution in [0.2, 0.25) is 0 Å². The Morgan fingerprint density at radius 3 is 2.74 bits per heavy atom. The van der Waals surface area contributed by atoms with Gasteiger partial charge in [-0.15, -0.1) is 5.10 Å². The van der Waals surface area contributed by atoms with Crippen LogP contribution in [0.5, 0.6) is 11.6 Å². The van der Waals surface area contributed by atoms with Crippen LogP contribution in [-0.2, 0) is 0 Å². The van der Waals surface area contributed by atoms with Gasteiger partial charge in [-0.3, -0.25) is 0 Å². The molecule has 0 spiro atoms. The van der Waals surface area contributed by atoms with E-state index in [0.717, 1.165) is 0 Å². The molecule has 23 heavy (non-hydrogen) atoms. The Hall–Kier alpha value is -2.62. The van der Waals surface area contributed by atoms with Crippen LogP contribution in [0, 0.1) is 5.82 Å². The van der Waals surface area contributed by atoms with Gasteiger partial charge in [-0.25, -0.2) is 19.5 Å². The second kappa shape index (κ2) is 7.09. The number of hydrogen-bond donors (Lipinski definition) is 1. The minimum atomic E-state index is -0.368. The summed E-state index contributed by atoms with van der Waals surface area (Å²) >= 11 is 3.28. The minimum Gasteiger partial charge on any atom is -0.489 e. The third-order valence-corrected chi connectivity index (χ3v) is 3.36. The van der Waals surface area contributed by atoms with E-state index in [1.165, 1.54) is 24.5 Å². The molecule has 0 aliphatic heterocycles. The van der Waals surface area contributed by atoms with Gasteiger partial charge in [-0.05, 0) is 38.5 Å². The smallest absolute Gasteiger partial charge is 0.232 e. The Balaban J connectivity index is 1.50. The van der Waals surface area contributed by atoms with Crippen molar-refractivity contribution in [3.63, 3.8) is 0 Å². The molecule has 2 heterocycles. The molecule has 0 aliphatic rings. The van der Waals surface area contributed by atoms with Crippen molar-refractivity contribution in [3.05, 3.63) is 40.9 Å². The third-order valence-electron chi connectivity index (χ3n) is 2.70. The Morgan fingerprint density at radius 2 is 2.00 bits per heavy atom. The average molecular weight is 381 g/mol. The normalized spacial score (nSPS) is 10.5. The van der Waals surface area contributed by atoms with Gasteiger partial charge in [-0.1, -0.05) is 0 Å². The molecule has 1 aromatic carbocycles. The highest BCUT2D eigenvalue weighted by Crippen LogP contribution is 2.25. The summed E-state index contributed by atoms with van der Waals surface area (Å²) in [4.78, 5) is 8.21. The molecule has 0 fully saturated rings. The summed E-state index contributed by atoms with van der Waals surface area (Å²) in [6, 6.07) is 4.22. The largest absolute Gasteiger partial charge is 0.489 e. The summed E-state index contributed by atoms with van der Waals surface area (Å²) in [7, 11) is 0. The van der Waals surface area contributed by atoms with E-state index in [9.17, 15) is 4.39 Å². The van der Waals surface area contributed by atoms with Gasteiger partial charge in [0.05, 0.1) is 16.9 Å². The molecule has 2 aromatic heterocycles. The third kappa shape index (κ3) is 3.97. The molecule has 0 aliphatic carbocycles. The van der Waals surface area contributed by atoms with Crippen LogP contribution in [-0.4, -0.2) is 43.8 Å². The topological polar surface area (TPSA) is 98.7 Å². The van der Waals surface area contributed by atoms with Gasteiger partial charge in [0.25, 0.3) is 0 Å². The van der Waals surface area contributed by atoms with Crippen molar-refractivity contribution in [2.45, 2.75) is 0 Å². The standard InChI is InChI=1S/C13H10BrFN6O2/c14-9-2-1-8(15)5-11(9)22-3-4-23-12-7-16-10(6-17-12)13-18-20-21-19-13/h1-2,5-7H,3-4H2,(H,18,19,20,21). The molecule has 1 N–H and O–H groups in total. The highest BCUT2D eigenvalue weighted by atomic mass is 79.9. The van der Waals surface area contributed by atoms with E-state index in [2.05, 4.69) is 46.5 Å². The number of ether oxygens (including phenoxy) is 2. The van der Waals surface area contributed by atoms with Gasteiger partial charge in [0.1, 0.15) is 30.5 Å². The van der Waals surface area contributed by atoms with E-state index in [1.54, 1.807) is 6.07 Å². The SMILES string of the molecule is Fc1ccc(Br)c(OCCOc2cnc(-c3nnn[nH]3)cn2)c1. The fourth-order valence-corrected chi connectivity index (χ4v) is 2.03. The first kappa shape index (κ1) is 15.3. The van der Waals surface area contributed by atoms with E-state index < -0.39 is 0 Å². The summed E-state index contributed by atoms with van der Waals surface area (Å²) in [5.74, 6) is 0.798. The lowest BCUT2D eigenvalue weighted by atomic mass is 10.3. The summed E-state index contributed by atoms with van der Waals surface area (Å²) in [5, 5.41) is 13.2. The number of nitrogens with one attached hydrogen (secondary N) is 1. The lowest BCUT2D eigenvalue weighted by Gasteiger charge is -2.09. The van der Waals surface area contributed by atoms with Crippen LogP contribution in [0.15, 0.2) is 35.1 Å². The maximum Gasteiger partial charge on any atom is 0.232 e. The van der Waals surface area contributed by atoms with Gasteiger partial charge < -0.3 is 9.47 Å². The monoisotopic (exact) mass is 380 g/mol. The number of aromatic nitrogens is 6. The first-order valence-corrected chi connectivity index (χ1v) is 7.28. The van der Waals surface area contributed by atoms with Crippen molar-refractivity contribution >= 4 is 15.9 Å². The fraction of sp³-hybridized carbons (Fsp3) is 0.154. The number of halogens is 2. The zero-order chi connectivity index (χ0) is 16.1. The number of aromatic amines is 1. The predicted molar refractivity (Wildman–Crippen MR) is 80.3 cm³/mol. The first-order chi connectivity index (χ1) is 11.2. The van der Waals surface area contributed by atoms with Gasteiger partial charge in [0.2, 0.25) is 5.88 Å². The van der Waals surface area contributed by atoms with Crippen LogP contribution in [0.1, 0.15) is 0 Å². The molecule has 0 bridgehead atoms. The van der Waals surface area contributed by atoms with Crippen molar-refractivity contribution in [1.29, 1.82) is 0 Å². The number of nitrogens with zero attached hydrogens (tertiary/aromatic N) is 5. The highest BCUT2D eigenvalue weighted by molar-refractivity contribution is 9.10. The zero-order valence-electron chi connectivity index (χ0n) is 11.6. The molecule has 118 valence electrons. The Bertz CT molecular complexity index is 769. The Labute approximate surface area is 138 Å². The van der Waals surface area contributed by atoms with Crippen molar-refractivity contribution in [3.8, 4) is 23.1 Å². The fourth-order valence-electron chi connectivity index (χ4n) is 1.67. The molecule has 3 aromatic rings. The van der Waals surface area contributed by atoms with Crippen molar-refractivity contribution in [2.75, 3.05) is 13.2 Å². The van der Waals surface area contributed by atoms with Gasteiger partial charge in [0, 0.05) is 6.07 Å². The quantitative estimate of drug-likeness (QED) is 0.653. The summed E-state index contributed by atoms with van der Waals surface area (Å²) < 4.78 is 24.6. The predicted octanol–water partition coefficient (Wildman–Crippen LogP) is 2.02. The average Bonchev–Trinajstić information content (AvgIpc) is 3.10. The van der Waals surface area contributed by atoms with E-state index in [1.807, 2.05) is 0 Å².